The molecule has 0 amide bonds. The number of hydrogen-bond acceptors (Lipinski definition) is 7. The summed E-state index contributed by atoms with van der Waals surface area (Å²) in [6, 6.07) is 14.9. The van der Waals surface area contributed by atoms with Crippen LogP contribution in [-0.2, 0) is 5.75 Å². The highest BCUT2D eigenvalue weighted by molar-refractivity contribution is 7.98. The van der Waals surface area contributed by atoms with E-state index < -0.39 is 0 Å². The van der Waals surface area contributed by atoms with Crippen LogP contribution in [0.3, 0.4) is 0 Å². The highest BCUT2D eigenvalue weighted by atomic mass is 35.5. The Labute approximate surface area is 164 Å². The Balaban J connectivity index is 1.41. The predicted octanol–water partition coefficient (Wildman–Crippen LogP) is 5.35. The van der Waals surface area contributed by atoms with Crippen LogP contribution < -0.4 is 4.74 Å². The molecule has 0 unspecified atom stereocenters. The van der Waals surface area contributed by atoms with Crippen LogP contribution >= 0.6 is 23.4 Å². The normalized spacial score (nSPS) is 10.9. The first-order valence-corrected chi connectivity index (χ1v) is 9.39. The Morgan fingerprint density at radius 1 is 1.04 bits per heavy atom. The summed E-state index contributed by atoms with van der Waals surface area (Å²) in [6.45, 7) is 0. The average molecular weight is 400 g/mol. The van der Waals surface area contributed by atoms with Gasteiger partial charge in [0.1, 0.15) is 5.75 Å². The van der Waals surface area contributed by atoms with Crippen LogP contribution in [0.5, 0.6) is 5.75 Å². The van der Waals surface area contributed by atoms with Crippen LogP contribution in [0.15, 0.2) is 68.8 Å². The minimum atomic E-state index is 0.448. The quantitative estimate of drug-likeness (QED) is 0.405. The Bertz CT molecular complexity index is 1050. The van der Waals surface area contributed by atoms with E-state index in [-0.39, 0.29) is 0 Å². The molecule has 0 saturated heterocycles. The molecule has 0 bridgehead atoms. The molecule has 0 aliphatic rings. The number of nitrogens with zero attached hydrogens (tertiary/aromatic N) is 3. The topological polar surface area (TPSA) is 74.2 Å². The lowest BCUT2D eigenvalue weighted by Crippen LogP contribution is -1.82. The second-order valence-corrected chi connectivity index (χ2v) is 6.88. The number of thioether (sulfide) groups is 1. The lowest BCUT2D eigenvalue weighted by Gasteiger charge is -1.99. The number of methoxy groups -OCH3 is 1. The molecule has 0 fully saturated rings. The highest BCUT2D eigenvalue weighted by Gasteiger charge is 2.12. The van der Waals surface area contributed by atoms with E-state index in [1.807, 2.05) is 48.5 Å². The van der Waals surface area contributed by atoms with Gasteiger partial charge in [0.25, 0.3) is 5.22 Å². The average Bonchev–Trinajstić information content (AvgIpc) is 3.36. The molecule has 0 atom stereocenters. The first-order valence-electron chi connectivity index (χ1n) is 8.02. The number of aromatic nitrogens is 3. The molecule has 0 radical (unpaired) electrons. The van der Waals surface area contributed by atoms with E-state index in [4.69, 9.17) is 25.2 Å². The summed E-state index contributed by atoms with van der Waals surface area (Å²) < 4.78 is 16.6. The fraction of sp³-hybridized carbons (Fsp3) is 0.105. The summed E-state index contributed by atoms with van der Waals surface area (Å²) >= 11 is 7.37. The molecule has 0 aliphatic carbocycles. The number of hydrogen-bond donors (Lipinski definition) is 0. The highest BCUT2D eigenvalue weighted by Crippen LogP contribution is 2.28. The van der Waals surface area contributed by atoms with Crippen LogP contribution in [-0.4, -0.2) is 22.3 Å². The molecule has 2 heterocycles. The lowest BCUT2D eigenvalue weighted by atomic mass is 10.2. The number of halogens is 1. The molecule has 2 aromatic carbocycles. The molecule has 0 N–H and O–H groups in total. The van der Waals surface area contributed by atoms with Crippen molar-refractivity contribution < 1.29 is 13.6 Å². The largest absolute Gasteiger partial charge is 0.497 e. The van der Waals surface area contributed by atoms with Gasteiger partial charge < -0.3 is 13.6 Å². The molecule has 2 aromatic heterocycles. The molecule has 0 spiro atoms. The Kier molecular flexibility index (Phi) is 5.13. The molecular formula is C19H14ClN3O3S. The van der Waals surface area contributed by atoms with Gasteiger partial charge in [0, 0.05) is 16.1 Å². The van der Waals surface area contributed by atoms with Gasteiger partial charge in [0.15, 0.2) is 5.76 Å². The van der Waals surface area contributed by atoms with Gasteiger partial charge in [-0.25, -0.2) is 4.98 Å². The van der Waals surface area contributed by atoms with Gasteiger partial charge in [-0.1, -0.05) is 35.5 Å². The summed E-state index contributed by atoms with van der Waals surface area (Å²) in [4.78, 5) is 4.29. The molecule has 0 aliphatic heterocycles. The molecule has 4 aromatic rings. The Hall–Kier alpha value is -2.77. The van der Waals surface area contributed by atoms with Gasteiger partial charge in [-0.3, -0.25) is 0 Å². The van der Waals surface area contributed by atoms with E-state index in [0.717, 1.165) is 16.9 Å². The van der Waals surface area contributed by atoms with Crippen molar-refractivity contribution >= 4 is 23.4 Å². The van der Waals surface area contributed by atoms with Gasteiger partial charge >= 0.3 is 0 Å². The molecular weight excluding hydrogens is 386 g/mol. The van der Waals surface area contributed by atoms with Crippen molar-refractivity contribution in [2.24, 2.45) is 0 Å². The zero-order valence-electron chi connectivity index (χ0n) is 14.3. The minimum absolute atomic E-state index is 0.448. The van der Waals surface area contributed by atoms with Crippen LogP contribution in [0.4, 0.5) is 0 Å². The first kappa shape index (κ1) is 17.6. The summed E-state index contributed by atoms with van der Waals surface area (Å²) in [5.41, 5.74) is 1.71. The monoisotopic (exact) mass is 399 g/mol. The standard InChI is InChI=1S/C19H14ClN3O3S/c1-24-15-7-5-12(6-8-15)18-22-23-19(26-18)27-11-17-21-10-16(25-17)13-3-2-4-14(20)9-13/h2-10H,11H2,1H3. The Morgan fingerprint density at radius 3 is 2.67 bits per heavy atom. The zero-order chi connectivity index (χ0) is 18.6. The molecule has 0 saturated carbocycles. The van der Waals surface area contributed by atoms with Crippen molar-refractivity contribution in [3.8, 4) is 28.5 Å². The van der Waals surface area contributed by atoms with E-state index in [1.165, 1.54) is 11.8 Å². The van der Waals surface area contributed by atoms with Crippen molar-refractivity contribution in [2.45, 2.75) is 11.0 Å². The van der Waals surface area contributed by atoms with Gasteiger partial charge in [-0.2, -0.15) is 0 Å². The number of oxazole rings is 1. The maximum atomic E-state index is 6.01. The van der Waals surface area contributed by atoms with Crippen molar-refractivity contribution in [3.05, 3.63) is 65.6 Å². The molecule has 136 valence electrons. The maximum absolute atomic E-state index is 6.01. The second-order valence-electron chi connectivity index (χ2n) is 5.52. The third kappa shape index (κ3) is 4.15. The zero-order valence-corrected chi connectivity index (χ0v) is 15.8. The van der Waals surface area contributed by atoms with Gasteiger partial charge in [0.2, 0.25) is 11.8 Å². The van der Waals surface area contributed by atoms with Crippen LogP contribution in [0.25, 0.3) is 22.8 Å². The lowest BCUT2D eigenvalue weighted by molar-refractivity contribution is 0.414. The molecule has 4 rings (SSSR count). The summed E-state index contributed by atoms with van der Waals surface area (Å²) in [7, 11) is 1.62. The van der Waals surface area contributed by atoms with Crippen LogP contribution in [0, 0.1) is 0 Å². The van der Waals surface area contributed by atoms with E-state index in [0.29, 0.717) is 33.5 Å². The van der Waals surface area contributed by atoms with Gasteiger partial charge in [-0.05, 0) is 36.4 Å². The SMILES string of the molecule is COc1ccc(-c2nnc(SCc3ncc(-c4cccc(Cl)c4)o3)o2)cc1. The van der Waals surface area contributed by atoms with E-state index in [2.05, 4.69) is 15.2 Å². The van der Waals surface area contributed by atoms with Crippen LogP contribution in [0.2, 0.25) is 5.02 Å². The predicted molar refractivity (Wildman–Crippen MR) is 103 cm³/mol. The van der Waals surface area contributed by atoms with Crippen molar-refractivity contribution in [2.75, 3.05) is 7.11 Å². The number of rotatable bonds is 6. The van der Waals surface area contributed by atoms with Crippen molar-refractivity contribution in [1.82, 2.24) is 15.2 Å². The fourth-order valence-corrected chi connectivity index (χ4v) is 3.20. The van der Waals surface area contributed by atoms with Gasteiger partial charge in [-0.15, -0.1) is 10.2 Å². The minimum Gasteiger partial charge on any atom is -0.497 e. The second kappa shape index (κ2) is 7.85. The van der Waals surface area contributed by atoms with Crippen molar-refractivity contribution in [3.63, 3.8) is 0 Å². The number of ether oxygens (including phenoxy) is 1. The third-order valence-corrected chi connectivity index (χ3v) is 4.76. The third-order valence-electron chi connectivity index (χ3n) is 3.73. The van der Waals surface area contributed by atoms with E-state index >= 15 is 0 Å². The molecule has 27 heavy (non-hydrogen) atoms. The van der Waals surface area contributed by atoms with E-state index in [1.54, 1.807) is 13.3 Å². The van der Waals surface area contributed by atoms with Crippen molar-refractivity contribution in [1.29, 1.82) is 0 Å². The molecule has 6 nitrogen and oxygen atoms in total. The number of benzene rings is 2. The fourth-order valence-electron chi connectivity index (χ4n) is 2.39. The summed E-state index contributed by atoms with van der Waals surface area (Å²) in [6.07, 6.45) is 1.68. The Morgan fingerprint density at radius 2 is 1.89 bits per heavy atom. The maximum Gasteiger partial charge on any atom is 0.277 e. The summed E-state index contributed by atoms with van der Waals surface area (Å²) in [5.74, 6) is 2.93. The van der Waals surface area contributed by atoms with Crippen LogP contribution in [0.1, 0.15) is 5.89 Å². The van der Waals surface area contributed by atoms with Gasteiger partial charge in [0.05, 0.1) is 19.1 Å². The first-order chi connectivity index (χ1) is 13.2. The van der Waals surface area contributed by atoms with E-state index in [9.17, 15) is 0 Å². The smallest absolute Gasteiger partial charge is 0.277 e. The summed E-state index contributed by atoms with van der Waals surface area (Å²) in [5, 5.41) is 9.22. The molecule has 8 heteroatoms.